The fourth-order valence-electron chi connectivity index (χ4n) is 1.92. The molecule has 80 valence electrons. The minimum Gasteiger partial charge on any atom is -0.481 e. The number of halogens is 1. The summed E-state index contributed by atoms with van der Waals surface area (Å²) >= 11 is 5.88. The highest BCUT2D eigenvalue weighted by Gasteiger charge is 2.24. The average molecular weight is 226 g/mol. The monoisotopic (exact) mass is 225 g/mol. The number of aliphatic carboxylic acids is 1. The summed E-state index contributed by atoms with van der Waals surface area (Å²) in [6.45, 7) is 0.818. The van der Waals surface area contributed by atoms with Crippen LogP contribution in [0.2, 0.25) is 5.02 Å². The summed E-state index contributed by atoms with van der Waals surface area (Å²) in [6, 6.07) is 5.37. The van der Waals surface area contributed by atoms with Crippen molar-refractivity contribution in [2.75, 3.05) is 11.9 Å². The van der Waals surface area contributed by atoms with Crippen molar-refractivity contribution in [3.63, 3.8) is 0 Å². The van der Waals surface area contributed by atoms with Crippen LogP contribution in [-0.2, 0) is 4.79 Å². The molecular formula is C11H12ClNO2. The minimum atomic E-state index is -0.776. The number of anilines is 1. The second-order valence-electron chi connectivity index (χ2n) is 3.69. The molecule has 1 aromatic carbocycles. The third kappa shape index (κ3) is 2.07. The number of nitrogens with one attached hydrogen (secondary N) is 1. The zero-order valence-corrected chi connectivity index (χ0v) is 8.92. The lowest BCUT2D eigenvalue weighted by Crippen LogP contribution is -2.11. The van der Waals surface area contributed by atoms with Crippen LogP contribution in [-0.4, -0.2) is 17.6 Å². The zero-order chi connectivity index (χ0) is 10.8. The Balaban J connectivity index is 2.46. The molecule has 0 radical (unpaired) electrons. The third-order valence-corrected chi connectivity index (χ3v) is 2.91. The number of benzene rings is 1. The predicted molar refractivity (Wildman–Crippen MR) is 59.6 cm³/mol. The van der Waals surface area contributed by atoms with Gasteiger partial charge in [-0.3, -0.25) is 4.79 Å². The summed E-state index contributed by atoms with van der Waals surface area (Å²) in [7, 11) is 0. The highest BCUT2D eigenvalue weighted by molar-refractivity contribution is 6.30. The highest BCUT2D eigenvalue weighted by Crippen LogP contribution is 2.33. The molecule has 4 heteroatoms. The van der Waals surface area contributed by atoms with E-state index >= 15 is 0 Å². The van der Waals surface area contributed by atoms with Crippen LogP contribution in [0.3, 0.4) is 0 Å². The van der Waals surface area contributed by atoms with Gasteiger partial charge in [0.2, 0.25) is 0 Å². The molecule has 3 nitrogen and oxygen atoms in total. The number of rotatable bonds is 1. The first-order valence-electron chi connectivity index (χ1n) is 4.94. The Kier molecular flexibility index (Phi) is 2.82. The Labute approximate surface area is 93.1 Å². The van der Waals surface area contributed by atoms with Gasteiger partial charge in [-0.25, -0.2) is 0 Å². The van der Waals surface area contributed by atoms with Gasteiger partial charge in [-0.1, -0.05) is 11.6 Å². The number of fused-ring (bicyclic) bond motifs is 1. The molecule has 0 fully saturated rings. The van der Waals surface area contributed by atoms with Crippen molar-refractivity contribution in [1.29, 1.82) is 0 Å². The van der Waals surface area contributed by atoms with Gasteiger partial charge in [0.1, 0.15) is 0 Å². The molecule has 1 aliphatic heterocycles. The molecule has 0 aromatic heterocycles. The molecule has 2 N–H and O–H groups in total. The molecule has 0 spiro atoms. The van der Waals surface area contributed by atoms with E-state index in [-0.39, 0.29) is 0 Å². The largest absolute Gasteiger partial charge is 0.481 e. The molecule has 0 bridgehead atoms. The van der Waals surface area contributed by atoms with E-state index in [0.29, 0.717) is 11.4 Å². The molecule has 0 saturated carbocycles. The second-order valence-corrected chi connectivity index (χ2v) is 4.13. The lowest BCUT2D eigenvalue weighted by Gasteiger charge is -2.13. The molecular weight excluding hydrogens is 214 g/mol. The van der Waals surface area contributed by atoms with Crippen LogP contribution in [0.1, 0.15) is 24.3 Å². The lowest BCUT2D eigenvalue weighted by atomic mass is 9.94. The molecule has 15 heavy (non-hydrogen) atoms. The number of hydrogen-bond donors (Lipinski definition) is 2. The number of hydrogen-bond acceptors (Lipinski definition) is 2. The van der Waals surface area contributed by atoms with Crippen LogP contribution in [0.5, 0.6) is 0 Å². The van der Waals surface area contributed by atoms with Crippen molar-refractivity contribution < 1.29 is 9.90 Å². The molecule has 1 unspecified atom stereocenters. The summed E-state index contributed by atoms with van der Waals surface area (Å²) in [4.78, 5) is 11.1. The van der Waals surface area contributed by atoms with E-state index in [0.717, 1.165) is 24.2 Å². The van der Waals surface area contributed by atoms with E-state index in [1.807, 2.05) is 6.07 Å². The summed E-state index contributed by atoms with van der Waals surface area (Å²) in [6.07, 6.45) is 1.53. The first-order chi connectivity index (χ1) is 7.18. The van der Waals surface area contributed by atoms with Crippen molar-refractivity contribution in [1.82, 2.24) is 0 Å². The second kappa shape index (κ2) is 4.11. The van der Waals surface area contributed by atoms with E-state index in [9.17, 15) is 4.79 Å². The van der Waals surface area contributed by atoms with Crippen molar-refractivity contribution in [3.8, 4) is 0 Å². The van der Waals surface area contributed by atoms with Crippen LogP contribution in [0.4, 0.5) is 5.69 Å². The van der Waals surface area contributed by atoms with Crippen LogP contribution >= 0.6 is 11.6 Å². The van der Waals surface area contributed by atoms with Gasteiger partial charge in [0.15, 0.2) is 0 Å². The topological polar surface area (TPSA) is 49.3 Å². The first kappa shape index (κ1) is 10.3. The quantitative estimate of drug-likeness (QED) is 0.773. The smallest absolute Gasteiger partial charge is 0.311 e. The molecule has 1 heterocycles. The van der Waals surface area contributed by atoms with Gasteiger partial charge < -0.3 is 10.4 Å². The van der Waals surface area contributed by atoms with Crippen LogP contribution < -0.4 is 5.32 Å². The molecule has 0 amide bonds. The number of carboxylic acids is 1. The van der Waals surface area contributed by atoms with Gasteiger partial charge in [0.25, 0.3) is 0 Å². The Hall–Kier alpha value is -1.22. The maximum absolute atomic E-state index is 11.1. The van der Waals surface area contributed by atoms with Gasteiger partial charge in [-0.15, -0.1) is 0 Å². The molecule has 1 aromatic rings. The van der Waals surface area contributed by atoms with Gasteiger partial charge in [0, 0.05) is 17.3 Å². The van der Waals surface area contributed by atoms with E-state index in [1.165, 1.54) is 0 Å². The average Bonchev–Trinajstić information content (AvgIpc) is 2.39. The third-order valence-electron chi connectivity index (χ3n) is 2.67. The summed E-state index contributed by atoms with van der Waals surface area (Å²) in [5, 5.41) is 12.9. The number of carboxylic acid groups (broad SMARTS) is 1. The van der Waals surface area contributed by atoms with E-state index in [1.54, 1.807) is 12.1 Å². The van der Waals surface area contributed by atoms with Crippen molar-refractivity contribution in [2.45, 2.75) is 18.8 Å². The van der Waals surface area contributed by atoms with Crippen molar-refractivity contribution >= 4 is 23.3 Å². The Morgan fingerprint density at radius 3 is 3.07 bits per heavy atom. The van der Waals surface area contributed by atoms with E-state index in [2.05, 4.69) is 5.32 Å². The van der Waals surface area contributed by atoms with Crippen LogP contribution in [0, 0.1) is 0 Å². The standard InChI is InChI=1S/C11H12ClNO2/c12-7-3-4-10-9(6-7)8(11(14)15)2-1-5-13-10/h3-4,6,8,13H,1-2,5H2,(H,14,15). The Morgan fingerprint density at radius 2 is 2.33 bits per heavy atom. The van der Waals surface area contributed by atoms with Crippen molar-refractivity contribution in [2.24, 2.45) is 0 Å². The first-order valence-corrected chi connectivity index (χ1v) is 5.32. The summed E-state index contributed by atoms with van der Waals surface area (Å²) in [5.74, 6) is -1.21. The maximum Gasteiger partial charge on any atom is 0.311 e. The SMILES string of the molecule is O=C(O)C1CCCNc2ccc(Cl)cc21. The van der Waals surface area contributed by atoms with Crippen LogP contribution in [0.25, 0.3) is 0 Å². The molecule has 0 saturated heterocycles. The molecule has 1 aliphatic rings. The van der Waals surface area contributed by atoms with Crippen molar-refractivity contribution in [3.05, 3.63) is 28.8 Å². The normalized spacial score (nSPS) is 19.9. The zero-order valence-electron chi connectivity index (χ0n) is 8.16. The van der Waals surface area contributed by atoms with Crippen LogP contribution in [0.15, 0.2) is 18.2 Å². The highest BCUT2D eigenvalue weighted by atomic mass is 35.5. The lowest BCUT2D eigenvalue weighted by molar-refractivity contribution is -0.138. The van der Waals surface area contributed by atoms with Gasteiger partial charge in [0.05, 0.1) is 5.92 Å². The van der Waals surface area contributed by atoms with Gasteiger partial charge in [-0.2, -0.15) is 0 Å². The summed E-state index contributed by atoms with van der Waals surface area (Å²) in [5.41, 5.74) is 1.69. The predicted octanol–water partition coefficient (Wildman–Crippen LogP) is 2.71. The number of carbonyl (C=O) groups is 1. The minimum absolute atomic E-state index is 0.436. The fraction of sp³-hybridized carbons (Fsp3) is 0.364. The van der Waals surface area contributed by atoms with Gasteiger partial charge >= 0.3 is 5.97 Å². The fourth-order valence-corrected chi connectivity index (χ4v) is 2.10. The Bertz CT molecular complexity index is 392. The molecule has 2 rings (SSSR count). The Morgan fingerprint density at radius 1 is 1.53 bits per heavy atom. The maximum atomic E-state index is 11.1. The van der Waals surface area contributed by atoms with Gasteiger partial charge in [-0.05, 0) is 36.6 Å². The van der Waals surface area contributed by atoms with E-state index in [4.69, 9.17) is 16.7 Å². The summed E-state index contributed by atoms with van der Waals surface area (Å²) < 4.78 is 0. The van der Waals surface area contributed by atoms with E-state index < -0.39 is 11.9 Å². The molecule has 0 aliphatic carbocycles. The molecule has 1 atom stereocenters.